The molecule has 2 aromatic carbocycles. The van der Waals surface area contributed by atoms with E-state index in [1.807, 2.05) is 13.8 Å². The van der Waals surface area contributed by atoms with Crippen LogP contribution < -0.4 is 4.90 Å². The molecule has 3 aromatic rings. The molecule has 1 amide bonds. The van der Waals surface area contributed by atoms with Gasteiger partial charge in [0.1, 0.15) is 24.3 Å². The molecule has 26 heavy (non-hydrogen) atoms. The number of benzene rings is 2. The summed E-state index contributed by atoms with van der Waals surface area (Å²) in [5.74, 6) is -1.64. The maximum absolute atomic E-state index is 13.6. The molecule has 0 unspecified atom stereocenters. The zero-order valence-corrected chi connectivity index (χ0v) is 14.4. The van der Waals surface area contributed by atoms with Crippen LogP contribution in [0.2, 0.25) is 0 Å². The molecule has 1 heterocycles. The number of hydrogen-bond donors (Lipinski definition) is 0. The second-order valence-corrected chi connectivity index (χ2v) is 6.32. The summed E-state index contributed by atoms with van der Waals surface area (Å²) in [7, 11) is 0. The Morgan fingerprint density at radius 2 is 1.77 bits per heavy atom. The second kappa shape index (κ2) is 7.43. The third-order valence-corrected chi connectivity index (χ3v) is 3.75. The van der Waals surface area contributed by atoms with Crippen molar-refractivity contribution in [1.82, 2.24) is 14.8 Å². The highest BCUT2D eigenvalue weighted by atomic mass is 19.1. The zero-order chi connectivity index (χ0) is 18.7. The molecule has 0 aliphatic heterocycles. The standard InChI is InChI=1S/C19H18F2N4O/c1-13(2)10-24(18-8-15(20)7-16(21)9-18)19(26)14-3-5-17(6-4-14)25-12-22-11-23-25/h3-9,11-13H,10H2,1-2H3. The van der Waals surface area contributed by atoms with Crippen LogP contribution in [-0.2, 0) is 0 Å². The Bertz CT molecular complexity index is 872. The van der Waals surface area contributed by atoms with Crippen LogP contribution in [0.25, 0.3) is 5.69 Å². The first-order valence-corrected chi connectivity index (χ1v) is 8.17. The third kappa shape index (κ3) is 3.93. The Hall–Kier alpha value is -3.09. The normalized spacial score (nSPS) is 11.0. The van der Waals surface area contributed by atoms with E-state index in [9.17, 15) is 13.6 Å². The van der Waals surface area contributed by atoms with Gasteiger partial charge in [-0.2, -0.15) is 5.10 Å². The fraction of sp³-hybridized carbons (Fsp3) is 0.211. The van der Waals surface area contributed by atoms with Crippen molar-refractivity contribution in [2.75, 3.05) is 11.4 Å². The molecule has 0 aliphatic carbocycles. The second-order valence-electron chi connectivity index (χ2n) is 6.32. The van der Waals surface area contributed by atoms with E-state index in [1.54, 1.807) is 35.3 Å². The summed E-state index contributed by atoms with van der Waals surface area (Å²) >= 11 is 0. The molecule has 5 nitrogen and oxygen atoms in total. The number of halogens is 2. The van der Waals surface area contributed by atoms with Crippen LogP contribution in [-0.4, -0.2) is 27.2 Å². The van der Waals surface area contributed by atoms with Gasteiger partial charge >= 0.3 is 0 Å². The lowest BCUT2D eigenvalue weighted by Crippen LogP contribution is -2.34. The highest BCUT2D eigenvalue weighted by Gasteiger charge is 2.20. The summed E-state index contributed by atoms with van der Waals surface area (Å²) in [5.41, 5.74) is 1.37. The number of nitrogens with zero attached hydrogens (tertiary/aromatic N) is 4. The monoisotopic (exact) mass is 356 g/mol. The molecule has 7 heteroatoms. The first-order chi connectivity index (χ1) is 12.4. The van der Waals surface area contributed by atoms with Crippen molar-refractivity contribution in [2.24, 2.45) is 5.92 Å². The molecule has 0 saturated heterocycles. The Kier molecular flexibility index (Phi) is 5.06. The Morgan fingerprint density at radius 3 is 2.31 bits per heavy atom. The molecule has 0 bridgehead atoms. The van der Waals surface area contributed by atoms with Gasteiger partial charge in [0.15, 0.2) is 0 Å². The predicted octanol–water partition coefficient (Wildman–Crippen LogP) is 3.85. The summed E-state index contributed by atoms with van der Waals surface area (Å²) < 4.78 is 28.8. The van der Waals surface area contributed by atoms with Gasteiger partial charge in [0, 0.05) is 23.9 Å². The fourth-order valence-corrected chi connectivity index (χ4v) is 2.62. The summed E-state index contributed by atoms with van der Waals surface area (Å²) in [6.07, 6.45) is 2.97. The number of aromatic nitrogens is 3. The van der Waals surface area contributed by atoms with Gasteiger partial charge in [-0.25, -0.2) is 18.4 Å². The van der Waals surface area contributed by atoms with Crippen molar-refractivity contribution < 1.29 is 13.6 Å². The first kappa shape index (κ1) is 17.7. The van der Waals surface area contributed by atoms with E-state index in [2.05, 4.69) is 10.1 Å². The lowest BCUT2D eigenvalue weighted by Gasteiger charge is -2.25. The van der Waals surface area contributed by atoms with Crippen molar-refractivity contribution in [2.45, 2.75) is 13.8 Å². The van der Waals surface area contributed by atoms with E-state index in [-0.39, 0.29) is 17.5 Å². The van der Waals surface area contributed by atoms with Gasteiger partial charge in [0.25, 0.3) is 5.91 Å². The molecule has 0 aliphatic rings. The van der Waals surface area contributed by atoms with Crippen molar-refractivity contribution in [1.29, 1.82) is 0 Å². The zero-order valence-electron chi connectivity index (χ0n) is 14.4. The highest BCUT2D eigenvalue weighted by molar-refractivity contribution is 6.06. The Morgan fingerprint density at radius 1 is 1.12 bits per heavy atom. The largest absolute Gasteiger partial charge is 0.308 e. The smallest absolute Gasteiger partial charge is 0.258 e. The van der Waals surface area contributed by atoms with E-state index < -0.39 is 11.6 Å². The van der Waals surface area contributed by atoms with Crippen LogP contribution in [0.1, 0.15) is 24.2 Å². The number of carbonyl (C=O) groups excluding carboxylic acids is 1. The fourth-order valence-electron chi connectivity index (χ4n) is 2.62. The summed E-state index contributed by atoms with van der Waals surface area (Å²) in [5, 5.41) is 4.03. The third-order valence-electron chi connectivity index (χ3n) is 3.75. The summed E-state index contributed by atoms with van der Waals surface area (Å²) in [6, 6.07) is 9.89. The molecular weight excluding hydrogens is 338 g/mol. The van der Waals surface area contributed by atoms with Crippen LogP contribution in [0.4, 0.5) is 14.5 Å². The Balaban J connectivity index is 1.92. The average molecular weight is 356 g/mol. The number of amides is 1. The molecule has 1 aromatic heterocycles. The molecule has 0 saturated carbocycles. The van der Waals surface area contributed by atoms with E-state index in [4.69, 9.17) is 0 Å². The topological polar surface area (TPSA) is 51.0 Å². The van der Waals surface area contributed by atoms with Crippen LogP contribution in [0.5, 0.6) is 0 Å². The molecule has 0 spiro atoms. The minimum absolute atomic E-state index is 0.125. The van der Waals surface area contributed by atoms with Gasteiger partial charge in [-0.15, -0.1) is 0 Å². The average Bonchev–Trinajstić information content (AvgIpc) is 3.13. The Labute approximate surface area is 149 Å². The van der Waals surface area contributed by atoms with Crippen molar-refractivity contribution in [3.05, 3.63) is 72.3 Å². The van der Waals surface area contributed by atoms with Crippen LogP contribution in [0.15, 0.2) is 55.1 Å². The molecule has 3 rings (SSSR count). The van der Waals surface area contributed by atoms with Crippen molar-refractivity contribution >= 4 is 11.6 Å². The van der Waals surface area contributed by atoms with Crippen molar-refractivity contribution in [3.8, 4) is 5.69 Å². The summed E-state index contributed by atoms with van der Waals surface area (Å²) in [6.45, 7) is 4.21. The first-order valence-electron chi connectivity index (χ1n) is 8.17. The predicted molar refractivity (Wildman–Crippen MR) is 94.2 cm³/mol. The van der Waals surface area contributed by atoms with Gasteiger partial charge in [-0.3, -0.25) is 4.79 Å². The van der Waals surface area contributed by atoms with Gasteiger partial charge < -0.3 is 4.90 Å². The maximum atomic E-state index is 13.6. The lowest BCUT2D eigenvalue weighted by molar-refractivity contribution is 0.0984. The van der Waals surface area contributed by atoms with Gasteiger partial charge in [0.2, 0.25) is 0 Å². The molecule has 134 valence electrons. The summed E-state index contributed by atoms with van der Waals surface area (Å²) in [4.78, 5) is 18.2. The lowest BCUT2D eigenvalue weighted by atomic mass is 10.1. The number of hydrogen-bond acceptors (Lipinski definition) is 3. The number of carbonyl (C=O) groups is 1. The van der Waals surface area contributed by atoms with Gasteiger partial charge in [-0.05, 0) is 42.3 Å². The number of anilines is 1. The maximum Gasteiger partial charge on any atom is 0.258 e. The highest BCUT2D eigenvalue weighted by Crippen LogP contribution is 2.22. The van der Waals surface area contributed by atoms with E-state index in [1.165, 1.54) is 11.2 Å². The molecular formula is C19H18F2N4O. The quantitative estimate of drug-likeness (QED) is 0.698. The van der Waals surface area contributed by atoms with E-state index >= 15 is 0 Å². The number of rotatable bonds is 5. The van der Waals surface area contributed by atoms with Crippen molar-refractivity contribution in [3.63, 3.8) is 0 Å². The molecule has 0 radical (unpaired) electrons. The van der Waals surface area contributed by atoms with E-state index in [0.29, 0.717) is 12.1 Å². The van der Waals surface area contributed by atoms with E-state index in [0.717, 1.165) is 23.9 Å². The minimum atomic E-state index is -0.719. The van der Waals surface area contributed by atoms with Gasteiger partial charge in [-0.1, -0.05) is 13.8 Å². The SMILES string of the molecule is CC(C)CN(C(=O)c1ccc(-n2cncn2)cc1)c1cc(F)cc(F)c1. The molecule has 0 fully saturated rings. The van der Waals surface area contributed by atoms with Crippen LogP contribution in [0.3, 0.4) is 0 Å². The van der Waals surface area contributed by atoms with Crippen LogP contribution in [0, 0.1) is 17.6 Å². The minimum Gasteiger partial charge on any atom is -0.308 e. The van der Waals surface area contributed by atoms with Crippen LogP contribution >= 0.6 is 0 Å². The van der Waals surface area contributed by atoms with Gasteiger partial charge in [0.05, 0.1) is 5.69 Å². The molecule has 0 N–H and O–H groups in total. The molecule has 0 atom stereocenters.